The molecule has 78 valence electrons. The average molecular weight is 267 g/mol. The maximum Gasteiger partial charge on any atom is 1.00 e. The predicted octanol–water partition coefficient (Wildman–Crippen LogP) is -7.55. The van der Waals surface area contributed by atoms with Gasteiger partial charge in [0.25, 0.3) is 0 Å². The Morgan fingerprint density at radius 3 is 1.67 bits per heavy atom. The van der Waals surface area contributed by atoms with E-state index in [9.17, 15) is 14.9 Å². The van der Waals surface area contributed by atoms with Crippen molar-refractivity contribution in [1.29, 1.82) is 0 Å². The Morgan fingerprint density at radius 1 is 1.13 bits per heavy atom. The summed E-state index contributed by atoms with van der Waals surface area (Å²) in [7, 11) is -4.94. The molecule has 0 aromatic heterocycles. The summed E-state index contributed by atoms with van der Waals surface area (Å²) >= 11 is 0. The minimum atomic E-state index is -4.94. The molecule has 1 aliphatic rings. The molecule has 1 aliphatic heterocycles. The molecule has 0 aromatic carbocycles. The molecular formula is C2ClKN4O7. The van der Waals surface area contributed by atoms with Crippen molar-refractivity contribution in [3.8, 4) is 0 Å². The molecule has 0 aliphatic carbocycles. The van der Waals surface area contributed by atoms with Crippen LogP contribution >= 0.6 is 0 Å². The van der Waals surface area contributed by atoms with E-state index in [0.29, 0.717) is 0 Å². The van der Waals surface area contributed by atoms with Crippen LogP contribution in [0.2, 0.25) is 0 Å². The third-order valence-corrected chi connectivity index (χ3v) is 0.584. The normalized spacial score (nSPS) is 13.6. The van der Waals surface area contributed by atoms with Gasteiger partial charge in [-0.2, -0.15) is 0 Å². The second-order valence-electron chi connectivity index (χ2n) is 1.53. The van der Waals surface area contributed by atoms with Gasteiger partial charge in [0, 0.05) is 10.1 Å². The standard InChI is InChI=1S/C2N4O3.ClHO4.K/c7-2-3-1(4-5-2)6(8)9;2-1(3,4)5;/h;(H,2,3,4,5);/q;;+1/p-1. The van der Waals surface area contributed by atoms with E-state index in [0.717, 1.165) is 0 Å². The number of azo groups is 1. The fourth-order valence-electron chi connectivity index (χ4n) is 0.295. The Kier molecular flexibility index (Phi) is 8.62. The van der Waals surface area contributed by atoms with Crippen molar-refractivity contribution in [2.24, 2.45) is 15.2 Å². The first kappa shape index (κ1) is 17.5. The van der Waals surface area contributed by atoms with Crippen LogP contribution in [0.25, 0.3) is 0 Å². The number of guanidine groups is 1. The summed E-state index contributed by atoms with van der Waals surface area (Å²) in [5.41, 5.74) is 0. The van der Waals surface area contributed by atoms with Crippen LogP contribution in [0.3, 0.4) is 0 Å². The minimum Gasteiger partial charge on any atom is -0.390 e. The van der Waals surface area contributed by atoms with Crippen molar-refractivity contribution < 1.29 is 90.0 Å². The van der Waals surface area contributed by atoms with Gasteiger partial charge < -0.3 is 10.1 Å². The summed E-state index contributed by atoms with van der Waals surface area (Å²) in [5, 5.41) is 15.3. The molecule has 0 saturated carbocycles. The summed E-state index contributed by atoms with van der Waals surface area (Å²) in [6.07, 6.45) is 0. The number of hydrogen-bond acceptors (Lipinski definition) is 8. The van der Waals surface area contributed by atoms with Crippen LogP contribution < -0.4 is 70.0 Å². The van der Waals surface area contributed by atoms with E-state index in [1.807, 2.05) is 0 Å². The fraction of sp³-hybridized carbons (Fsp3) is 0. The zero-order valence-electron chi connectivity index (χ0n) is 7.02. The van der Waals surface area contributed by atoms with Gasteiger partial charge in [0.05, 0.1) is 5.11 Å². The zero-order valence-corrected chi connectivity index (χ0v) is 10.9. The number of halogens is 1. The summed E-state index contributed by atoms with van der Waals surface area (Å²) in [4.78, 5) is 21.7. The molecule has 0 bridgehead atoms. The average Bonchev–Trinajstić information content (AvgIpc) is 2.31. The van der Waals surface area contributed by atoms with Crippen molar-refractivity contribution in [2.45, 2.75) is 0 Å². The number of amides is 2. The molecule has 2 amide bonds. The largest absolute Gasteiger partial charge is 1.00 e. The molecule has 13 heteroatoms. The maximum absolute atomic E-state index is 10.0. The second-order valence-corrected chi connectivity index (χ2v) is 2.29. The van der Waals surface area contributed by atoms with Gasteiger partial charge in [-0.05, 0) is 4.92 Å². The van der Waals surface area contributed by atoms with Gasteiger partial charge in [0.1, 0.15) is 0 Å². The molecule has 1 rings (SSSR count). The predicted molar refractivity (Wildman–Crippen MR) is 24.7 cm³/mol. The molecular weight excluding hydrogens is 267 g/mol. The second kappa shape index (κ2) is 7.39. The molecule has 0 fully saturated rings. The molecule has 0 N–H and O–H groups in total. The molecule has 0 unspecified atom stereocenters. The third kappa shape index (κ3) is 12.0. The van der Waals surface area contributed by atoms with Crippen molar-refractivity contribution >= 4 is 12.0 Å². The van der Waals surface area contributed by atoms with Crippen LogP contribution in [0.1, 0.15) is 0 Å². The molecule has 1 heterocycles. The first-order valence-electron chi connectivity index (χ1n) is 2.50. The van der Waals surface area contributed by atoms with Crippen LogP contribution in [0.15, 0.2) is 15.2 Å². The molecule has 0 atom stereocenters. The molecule has 0 radical (unpaired) electrons. The monoisotopic (exact) mass is 266 g/mol. The topological polar surface area (TPSA) is 190 Å². The van der Waals surface area contributed by atoms with Gasteiger partial charge in [-0.3, -0.25) is 0 Å². The number of aliphatic imine (C=N–C) groups is 1. The van der Waals surface area contributed by atoms with E-state index in [1.165, 1.54) is 0 Å². The van der Waals surface area contributed by atoms with Crippen molar-refractivity contribution in [1.82, 2.24) is 0 Å². The number of nitro groups is 1. The Balaban J connectivity index is 0. The van der Waals surface area contributed by atoms with E-state index in [4.69, 9.17) is 18.6 Å². The summed E-state index contributed by atoms with van der Waals surface area (Å²) in [5.74, 6) is -0.750. The van der Waals surface area contributed by atoms with Gasteiger partial charge in [-0.15, -0.1) is 10.2 Å². The van der Waals surface area contributed by atoms with Gasteiger partial charge in [-0.1, -0.05) is 0 Å². The van der Waals surface area contributed by atoms with Crippen molar-refractivity contribution in [3.05, 3.63) is 10.1 Å². The number of carbonyl (C=O) groups is 1. The Bertz CT molecular complexity index is 303. The smallest absolute Gasteiger partial charge is 0.390 e. The number of hydrogen-bond donors (Lipinski definition) is 0. The van der Waals surface area contributed by atoms with Crippen LogP contribution in [-0.2, 0) is 0 Å². The minimum absolute atomic E-state index is 0. The summed E-state index contributed by atoms with van der Waals surface area (Å²) < 4.78 is 34.0. The maximum atomic E-state index is 10.0. The molecule has 0 aromatic rings. The van der Waals surface area contributed by atoms with E-state index in [1.54, 1.807) is 0 Å². The molecule has 11 nitrogen and oxygen atoms in total. The Labute approximate surface area is 126 Å². The number of nitrogens with zero attached hydrogens (tertiary/aromatic N) is 4. The van der Waals surface area contributed by atoms with Crippen molar-refractivity contribution in [3.63, 3.8) is 0 Å². The zero-order chi connectivity index (χ0) is 11.4. The van der Waals surface area contributed by atoms with Gasteiger partial charge in [0.2, 0.25) is 0 Å². The third-order valence-electron chi connectivity index (χ3n) is 0.584. The Morgan fingerprint density at radius 2 is 1.53 bits per heavy atom. The van der Waals surface area contributed by atoms with Crippen LogP contribution in [0.5, 0.6) is 0 Å². The van der Waals surface area contributed by atoms with E-state index < -0.39 is 27.2 Å². The SMILES string of the molecule is O=C1N=NC([N+](=O)[O-])=N1.[K+].[O-][Cl+3]([O-])([O-])[O-]. The van der Waals surface area contributed by atoms with E-state index >= 15 is 0 Å². The van der Waals surface area contributed by atoms with Crippen LogP contribution in [-0.4, -0.2) is 16.9 Å². The first-order chi connectivity index (χ1) is 6.20. The van der Waals surface area contributed by atoms with Crippen molar-refractivity contribution in [2.75, 3.05) is 0 Å². The molecule has 0 spiro atoms. The number of urea groups is 1. The quantitative estimate of drug-likeness (QED) is 0.236. The summed E-state index contributed by atoms with van der Waals surface area (Å²) in [6, 6.07) is -0.929. The first-order valence-corrected chi connectivity index (χ1v) is 3.74. The molecule has 0 saturated heterocycles. The van der Waals surface area contributed by atoms with Crippen LogP contribution in [0.4, 0.5) is 4.79 Å². The number of rotatable bonds is 0. The Hall–Kier alpha value is 0.106. The summed E-state index contributed by atoms with van der Waals surface area (Å²) in [6.45, 7) is 0. The number of carbonyl (C=O) groups excluding carboxylic acids is 1. The van der Waals surface area contributed by atoms with Gasteiger partial charge in [0.15, 0.2) is 0 Å². The van der Waals surface area contributed by atoms with E-state index in [-0.39, 0.29) is 51.4 Å². The fourth-order valence-corrected chi connectivity index (χ4v) is 0.295. The van der Waals surface area contributed by atoms with Gasteiger partial charge in [-0.25, -0.2) is 23.4 Å². The van der Waals surface area contributed by atoms with Gasteiger partial charge >= 0.3 is 63.4 Å². The van der Waals surface area contributed by atoms with E-state index in [2.05, 4.69) is 15.2 Å². The van der Waals surface area contributed by atoms with Crippen LogP contribution in [0, 0.1) is 20.4 Å². The molecule has 15 heavy (non-hydrogen) atoms.